The number of anilines is 3. The van der Waals surface area contributed by atoms with E-state index in [9.17, 15) is 0 Å². The van der Waals surface area contributed by atoms with Crippen molar-refractivity contribution in [1.29, 1.82) is 0 Å². The van der Waals surface area contributed by atoms with Gasteiger partial charge in [-0.15, -0.1) is 0 Å². The molecule has 0 saturated carbocycles. The first-order valence-corrected chi connectivity index (χ1v) is 17.8. The van der Waals surface area contributed by atoms with Gasteiger partial charge in [-0.3, -0.25) is 0 Å². The van der Waals surface area contributed by atoms with Crippen molar-refractivity contribution < 1.29 is 0 Å². The van der Waals surface area contributed by atoms with E-state index in [0.717, 1.165) is 17.1 Å². The highest BCUT2D eigenvalue weighted by Crippen LogP contribution is 2.57. The Balaban J connectivity index is 1.23. The van der Waals surface area contributed by atoms with Crippen LogP contribution in [0.25, 0.3) is 83.6 Å². The molecule has 6 bridgehead atoms. The van der Waals surface area contributed by atoms with Crippen molar-refractivity contribution in [3.05, 3.63) is 181 Å². The fourth-order valence-corrected chi connectivity index (χ4v) is 8.47. The van der Waals surface area contributed by atoms with Crippen molar-refractivity contribution in [2.75, 3.05) is 4.90 Å². The SMILES string of the molecule is C/C=C\c1cc(-c2cccc(N(c3ccc4c(c3)-c3c5cccc3-c3cccc-4c3-c3ccccc3-5)c3cccc4ccccc34)c2)ccc1C. The van der Waals surface area contributed by atoms with Gasteiger partial charge in [0.1, 0.15) is 0 Å². The minimum atomic E-state index is 1.12. The van der Waals surface area contributed by atoms with Gasteiger partial charge in [0.05, 0.1) is 5.69 Å². The van der Waals surface area contributed by atoms with Crippen LogP contribution in [-0.4, -0.2) is 0 Å². The molecule has 10 rings (SSSR count). The Morgan fingerprint density at radius 2 is 1.02 bits per heavy atom. The minimum Gasteiger partial charge on any atom is -0.310 e. The second kappa shape index (κ2) is 11.6. The molecule has 2 aliphatic rings. The fourth-order valence-electron chi connectivity index (χ4n) is 8.47. The van der Waals surface area contributed by atoms with Gasteiger partial charge in [-0.25, -0.2) is 0 Å². The van der Waals surface area contributed by atoms with Crippen LogP contribution in [0.3, 0.4) is 0 Å². The molecule has 1 heteroatoms. The number of hydrogen-bond donors (Lipinski definition) is 0. The van der Waals surface area contributed by atoms with E-state index in [0.29, 0.717) is 0 Å². The van der Waals surface area contributed by atoms with E-state index in [-0.39, 0.29) is 0 Å². The van der Waals surface area contributed by atoms with E-state index in [1.165, 1.54) is 88.7 Å². The average Bonchev–Trinajstić information content (AvgIpc) is 3.29. The van der Waals surface area contributed by atoms with Gasteiger partial charge in [-0.2, -0.15) is 0 Å². The van der Waals surface area contributed by atoms with Gasteiger partial charge in [0.25, 0.3) is 0 Å². The Labute approximate surface area is 299 Å². The first-order valence-electron chi connectivity index (χ1n) is 17.8. The summed E-state index contributed by atoms with van der Waals surface area (Å²) in [7, 11) is 0. The largest absolute Gasteiger partial charge is 0.310 e. The second-order valence-corrected chi connectivity index (χ2v) is 13.7. The molecule has 51 heavy (non-hydrogen) atoms. The number of aryl methyl sites for hydroxylation is 1. The lowest BCUT2D eigenvalue weighted by Gasteiger charge is -2.29. The lowest BCUT2D eigenvalue weighted by Crippen LogP contribution is -2.11. The van der Waals surface area contributed by atoms with E-state index >= 15 is 0 Å². The summed E-state index contributed by atoms with van der Waals surface area (Å²) in [6.07, 6.45) is 4.31. The van der Waals surface area contributed by atoms with E-state index in [1.54, 1.807) is 0 Å². The Bertz CT molecular complexity index is 2700. The monoisotopic (exact) mass is 649 g/mol. The van der Waals surface area contributed by atoms with E-state index in [2.05, 4.69) is 195 Å². The maximum atomic E-state index is 2.45. The Morgan fingerprint density at radius 1 is 0.431 bits per heavy atom. The lowest BCUT2D eigenvalue weighted by molar-refractivity contribution is 1.30. The van der Waals surface area contributed by atoms with Crippen LogP contribution in [0.15, 0.2) is 170 Å². The summed E-state index contributed by atoms with van der Waals surface area (Å²) in [4.78, 5) is 2.45. The summed E-state index contributed by atoms with van der Waals surface area (Å²) in [6.45, 7) is 4.26. The zero-order chi connectivity index (χ0) is 34.1. The highest BCUT2D eigenvalue weighted by molar-refractivity contribution is 6.15. The van der Waals surface area contributed by atoms with Crippen LogP contribution in [0, 0.1) is 6.92 Å². The van der Waals surface area contributed by atoms with Crippen molar-refractivity contribution in [2.45, 2.75) is 13.8 Å². The lowest BCUT2D eigenvalue weighted by atomic mass is 9.83. The topological polar surface area (TPSA) is 3.24 Å². The van der Waals surface area contributed by atoms with Gasteiger partial charge in [0.15, 0.2) is 0 Å². The van der Waals surface area contributed by atoms with Crippen molar-refractivity contribution >= 4 is 33.9 Å². The van der Waals surface area contributed by atoms with Crippen LogP contribution in [0.4, 0.5) is 17.1 Å². The van der Waals surface area contributed by atoms with Crippen LogP contribution >= 0.6 is 0 Å². The molecule has 240 valence electrons. The number of nitrogens with zero attached hydrogens (tertiary/aromatic N) is 1. The number of hydrogen-bond acceptors (Lipinski definition) is 1. The summed E-state index contributed by atoms with van der Waals surface area (Å²) in [5, 5.41) is 2.44. The third-order valence-corrected chi connectivity index (χ3v) is 10.8. The van der Waals surface area contributed by atoms with Gasteiger partial charge in [0.2, 0.25) is 0 Å². The van der Waals surface area contributed by atoms with E-state index in [4.69, 9.17) is 0 Å². The molecular weight excluding hydrogens is 615 g/mol. The predicted octanol–water partition coefficient (Wildman–Crippen LogP) is 14.3. The molecule has 0 amide bonds. The average molecular weight is 650 g/mol. The van der Waals surface area contributed by atoms with Gasteiger partial charge in [-0.1, -0.05) is 140 Å². The minimum absolute atomic E-state index is 1.12. The van der Waals surface area contributed by atoms with E-state index < -0.39 is 0 Å². The number of rotatable bonds is 5. The molecule has 0 aliphatic heterocycles. The molecule has 1 nitrogen and oxygen atoms in total. The molecule has 8 aromatic carbocycles. The molecule has 0 saturated heterocycles. The van der Waals surface area contributed by atoms with Gasteiger partial charge in [-0.05, 0) is 134 Å². The molecule has 0 aromatic heterocycles. The smallest absolute Gasteiger partial charge is 0.0540 e. The van der Waals surface area contributed by atoms with Gasteiger partial charge < -0.3 is 4.90 Å². The van der Waals surface area contributed by atoms with Crippen LogP contribution in [0.5, 0.6) is 0 Å². The zero-order valence-corrected chi connectivity index (χ0v) is 28.7. The normalized spacial score (nSPS) is 12.0. The van der Waals surface area contributed by atoms with Crippen LogP contribution in [0.2, 0.25) is 0 Å². The quantitative estimate of drug-likeness (QED) is 0.179. The molecule has 0 spiro atoms. The second-order valence-electron chi connectivity index (χ2n) is 13.7. The maximum Gasteiger partial charge on any atom is 0.0540 e. The third-order valence-electron chi connectivity index (χ3n) is 10.8. The van der Waals surface area contributed by atoms with Crippen molar-refractivity contribution in [2.24, 2.45) is 0 Å². The molecule has 0 N–H and O–H groups in total. The Morgan fingerprint density at radius 3 is 1.82 bits per heavy atom. The summed E-state index contributed by atoms with van der Waals surface area (Å²) in [6, 6.07) is 60.9. The molecule has 0 radical (unpaired) electrons. The van der Waals surface area contributed by atoms with Crippen LogP contribution in [0.1, 0.15) is 18.1 Å². The van der Waals surface area contributed by atoms with Gasteiger partial charge in [0, 0.05) is 16.8 Å². The highest BCUT2D eigenvalue weighted by atomic mass is 15.1. The van der Waals surface area contributed by atoms with Gasteiger partial charge >= 0.3 is 0 Å². The van der Waals surface area contributed by atoms with Crippen LogP contribution in [-0.2, 0) is 0 Å². The summed E-state index contributed by atoms with van der Waals surface area (Å²) < 4.78 is 0. The predicted molar refractivity (Wildman–Crippen MR) is 218 cm³/mol. The van der Waals surface area contributed by atoms with Crippen LogP contribution < -0.4 is 4.90 Å². The van der Waals surface area contributed by atoms with E-state index in [1.807, 2.05) is 0 Å². The highest BCUT2D eigenvalue weighted by Gasteiger charge is 2.31. The first kappa shape index (κ1) is 29.5. The Hall–Kier alpha value is -6.44. The summed E-state index contributed by atoms with van der Waals surface area (Å²) in [5.74, 6) is 0. The molecule has 2 aliphatic carbocycles. The molecule has 0 atom stereocenters. The maximum absolute atomic E-state index is 2.45. The number of fused-ring (bicyclic) bond motifs is 5. The molecule has 8 aromatic rings. The third kappa shape index (κ3) is 4.55. The summed E-state index contributed by atoms with van der Waals surface area (Å²) in [5.41, 5.74) is 21.3. The standard InChI is InChI=1S/C50H35N/c1-3-12-34-29-36(26-25-32(34)2)35-15-8-16-37(30-35)51(48-24-9-14-33-13-4-5-17-39(33)48)38-27-28-41-44-21-11-22-45-46-23-10-20-43(50(46)47(41)31-38)40-18-6-7-19-42(40)49(44)45/h3-31H,1-2H3/b12-3-. The van der Waals surface area contributed by atoms with Crippen molar-refractivity contribution in [3.63, 3.8) is 0 Å². The first-order chi connectivity index (χ1) is 25.2. The Kier molecular flexibility index (Phi) is 6.69. The zero-order valence-electron chi connectivity index (χ0n) is 28.7. The molecule has 0 heterocycles. The summed E-state index contributed by atoms with van der Waals surface area (Å²) >= 11 is 0. The van der Waals surface area contributed by atoms with Crippen molar-refractivity contribution in [1.82, 2.24) is 0 Å². The number of allylic oxidation sites excluding steroid dienone is 1. The molecular formula is C50H35N. The fraction of sp³-hybridized carbons (Fsp3) is 0.0400. The number of benzene rings is 8. The molecule has 0 unspecified atom stereocenters. The van der Waals surface area contributed by atoms with Crippen molar-refractivity contribution in [3.8, 4) is 66.8 Å². The molecule has 0 fully saturated rings.